The summed E-state index contributed by atoms with van der Waals surface area (Å²) in [7, 11) is -1.50. The molecule has 4 aromatic rings. The van der Waals surface area contributed by atoms with Crippen LogP contribution < -0.4 is 4.90 Å². The van der Waals surface area contributed by atoms with Crippen molar-refractivity contribution in [3.63, 3.8) is 0 Å². The number of aromatic nitrogens is 4. The van der Waals surface area contributed by atoms with Crippen LogP contribution in [-0.4, -0.2) is 46.8 Å². The standard InChI is InChI=1S/C28H31F2N5O2S/c1-3-13-38(36,37)17-19-9-10-23(29)28(26(19)30)35-16-22(20-14-31-18-32-15-20)27-24(35)11-12-25(33-27)34(2)21-7-5-4-6-8-21/h9-12,14-16,18,21H,3-8,13,17H2,1-2H3. The van der Waals surface area contributed by atoms with Crippen molar-refractivity contribution in [1.29, 1.82) is 0 Å². The van der Waals surface area contributed by atoms with Gasteiger partial charge in [-0.2, -0.15) is 0 Å². The van der Waals surface area contributed by atoms with Crippen LogP contribution >= 0.6 is 0 Å². The molecule has 7 nitrogen and oxygen atoms in total. The van der Waals surface area contributed by atoms with Crippen molar-refractivity contribution < 1.29 is 17.2 Å². The molecular weight excluding hydrogens is 508 g/mol. The molecule has 0 aliphatic heterocycles. The van der Waals surface area contributed by atoms with E-state index >= 15 is 8.78 Å². The van der Waals surface area contributed by atoms with Gasteiger partial charge in [0.15, 0.2) is 15.7 Å². The molecule has 1 saturated carbocycles. The highest BCUT2D eigenvalue weighted by Crippen LogP contribution is 2.35. The Morgan fingerprint density at radius 2 is 1.79 bits per heavy atom. The van der Waals surface area contributed by atoms with Gasteiger partial charge in [-0.3, -0.25) is 0 Å². The van der Waals surface area contributed by atoms with E-state index in [0.29, 0.717) is 34.6 Å². The number of anilines is 1. The summed E-state index contributed by atoms with van der Waals surface area (Å²) >= 11 is 0. The third-order valence-electron chi connectivity index (χ3n) is 7.27. The van der Waals surface area contributed by atoms with Crippen LogP contribution in [0.5, 0.6) is 0 Å². The molecule has 0 atom stereocenters. The average Bonchev–Trinajstić information content (AvgIpc) is 3.29. The maximum Gasteiger partial charge on any atom is 0.154 e. The molecule has 10 heteroatoms. The van der Waals surface area contributed by atoms with E-state index in [1.54, 1.807) is 25.5 Å². The Morgan fingerprint density at radius 1 is 1.05 bits per heavy atom. The van der Waals surface area contributed by atoms with Gasteiger partial charge in [-0.25, -0.2) is 32.2 Å². The molecule has 1 aliphatic rings. The second-order valence-electron chi connectivity index (χ2n) is 9.94. The second-order valence-corrected chi connectivity index (χ2v) is 12.1. The van der Waals surface area contributed by atoms with E-state index in [9.17, 15) is 8.42 Å². The van der Waals surface area contributed by atoms with E-state index in [-0.39, 0.29) is 17.0 Å². The van der Waals surface area contributed by atoms with Crippen molar-refractivity contribution >= 4 is 26.7 Å². The third-order valence-corrected chi connectivity index (χ3v) is 9.05. The first kappa shape index (κ1) is 26.2. The van der Waals surface area contributed by atoms with Gasteiger partial charge in [0.05, 0.1) is 22.5 Å². The first-order valence-corrected chi connectivity index (χ1v) is 14.8. The summed E-state index contributed by atoms with van der Waals surface area (Å²) in [4.78, 5) is 15.4. The highest BCUT2D eigenvalue weighted by atomic mass is 32.2. The number of fused-ring (bicyclic) bond motifs is 1. The Kier molecular flexibility index (Phi) is 7.43. The predicted octanol–water partition coefficient (Wildman–Crippen LogP) is 5.85. The van der Waals surface area contributed by atoms with Crippen LogP contribution in [0.2, 0.25) is 0 Å². The monoisotopic (exact) mass is 539 g/mol. The van der Waals surface area contributed by atoms with Gasteiger partial charge in [-0.05, 0) is 37.5 Å². The SMILES string of the molecule is CCCS(=O)(=O)Cc1ccc(F)c(-n2cc(-c3cncnc3)c3nc(N(C)C4CCCCC4)ccc32)c1F. The van der Waals surface area contributed by atoms with Gasteiger partial charge >= 0.3 is 0 Å². The van der Waals surface area contributed by atoms with Crippen molar-refractivity contribution in [2.45, 2.75) is 57.2 Å². The zero-order valence-electron chi connectivity index (χ0n) is 21.6. The molecule has 0 saturated heterocycles. The average molecular weight is 540 g/mol. The number of hydrogen-bond donors (Lipinski definition) is 0. The molecule has 3 heterocycles. The topological polar surface area (TPSA) is 81.0 Å². The summed E-state index contributed by atoms with van der Waals surface area (Å²) in [6.07, 6.45) is 12.5. The summed E-state index contributed by atoms with van der Waals surface area (Å²) in [5.74, 6) is -1.48. The van der Waals surface area contributed by atoms with Crippen LogP contribution in [0.25, 0.3) is 27.8 Å². The molecule has 1 aliphatic carbocycles. The summed E-state index contributed by atoms with van der Waals surface area (Å²) in [5, 5.41) is 0. The van der Waals surface area contributed by atoms with Gasteiger partial charge < -0.3 is 9.47 Å². The van der Waals surface area contributed by atoms with Crippen LogP contribution in [0.15, 0.2) is 49.2 Å². The number of rotatable bonds is 8. The summed E-state index contributed by atoms with van der Waals surface area (Å²) in [6, 6.07) is 6.38. The number of sulfone groups is 1. The zero-order chi connectivity index (χ0) is 26.9. The van der Waals surface area contributed by atoms with Crippen molar-refractivity contribution in [3.8, 4) is 16.8 Å². The molecule has 0 spiro atoms. The lowest BCUT2D eigenvalue weighted by atomic mass is 9.94. The van der Waals surface area contributed by atoms with Crippen LogP contribution in [0.1, 0.15) is 51.0 Å². The smallest absolute Gasteiger partial charge is 0.154 e. The van der Waals surface area contributed by atoms with Crippen molar-refractivity contribution in [2.75, 3.05) is 17.7 Å². The Bertz CT molecular complexity index is 1550. The lowest BCUT2D eigenvalue weighted by molar-refractivity contribution is 0.426. The van der Waals surface area contributed by atoms with E-state index in [2.05, 4.69) is 14.9 Å². The van der Waals surface area contributed by atoms with Crippen LogP contribution in [0.4, 0.5) is 14.6 Å². The maximum atomic E-state index is 15.8. The fourth-order valence-electron chi connectivity index (χ4n) is 5.32. The summed E-state index contributed by atoms with van der Waals surface area (Å²) < 4.78 is 57.3. The van der Waals surface area contributed by atoms with Crippen molar-refractivity contribution in [1.82, 2.24) is 19.5 Å². The molecule has 200 valence electrons. The molecule has 0 radical (unpaired) electrons. The molecule has 1 aromatic carbocycles. The summed E-state index contributed by atoms with van der Waals surface area (Å²) in [6.45, 7) is 1.75. The zero-order valence-corrected chi connectivity index (χ0v) is 22.4. The quantitative estimate of drug-likeness (QED) is 0.279. The Balaban J connectivity index is 1.67. The minimum atomic E-state index is -3.53. The van der Waals surface area contributed by atoms with Gasteiger partial charge in [-0.1, -0.05) is 32.3 Å². The number of hydrogen-bond acceptors (Lipinski definition) is 6. The first-order chi connectivity index (χ1) is 18.3. The summed E-state index contributed by atoms with van der Waals surface area (Å²) in [5.41, 5.74) is 1.94. The normalized spacial score (nSPS) is 14.7. The fraction of sp³-hybridized carbons (Fsp3) is 0.393. The number of benzene rings is 1. The molecule has 5 rings (SSSR count). The van der Waals surface area contributed by atoms with E-state index < -0.39 is 27.2 Å². The van der Waals surface area contributed by atoms with Crippen LogP contribution in [-0.2, 0) is 15.6 Å². The van der Waals surface area contributed by atoms with Gasteiger partial charge in [0, 0.05) is 48.4 Å². The van der Waals surface area contributed by atoms with Gasteiger partial charge in [-0.15, -0.1) is 0 Å². The Labute approximate surface area is 221 Å². The van der Waals surface area contributed by atoms with Gasteiger partial charge in [0.1, 0.15) is 23.6 Å². The largest absolute Gasteiger partial charge is 0.357 e. The molecule has 0 N–H and O–H groups in total. The van der Waals surface area contributed by atoms with Crippen LogP contribution in [0.3, 0.4) is 0 Å². The van der Waals surface area contributed by atoms with Gasteiger partial charge in [0.25, 0.3) is 0 Å². The molecule has 38 heavy (non-hydrogen) atoms. The van der Waals surface area contributed by atoms with Crippen LogP contribution in [0, 0.1) is 11.6 Å². The fourth-order valence-corrected chi connectivity index (χ4v) is 6.78. The van der Waals surface area contributed by atoms with Crippen molar-refractivity contribution in [2.24, 2.45) is 0 Å². The first-order valence-electron chi connectivity index (χ1n) is 13.0. The van der Waals surface area contributed by atoms with E-state index in [4.69, 9.17) is 4.98 Å². The molecular formula is C28H31F2N5O2S. The molecule has 0 bridgehead atoms. The molecule has 0 unspecified atom stereocenters. The Hall–Kier alpha value is -3.40. The van der Waals surface area contributed by atoms with E-state index in [0.717, 1.165) is 24.7 Å². The van der Waals surface area contributed by atoms with E-state index in [1.165, 1.54) is 36.2 Å². The second kappa shape index (κ2) is 10.8. The Morgan fingerprint density at radius 3 is 2.50 bits per heavy atom. The molecule has 3 aromatic heterocycles. The minimum Gasteiger partial charge on any atom is -0.357 e. The molecule has 1 fully saturated rings. The minimum absolute atomic E-state index is 0.0645. The highest BCUT2D eigenvalue weighted by Gasteiger charge is 2.25. The third kappa shape index (κ3) is 5.14. The number of nitrogens with zero attached hydrogens (tertiary/aromatic N) is 5. The lowest BCUT2D eigenvalue weighted by Crippen LogP contribution is -2.33. The number of pyridine rings is 1. The predicted molar refractivity (Wildman–Crippen MR) is 145 cm³/mol. The number of halogens is 2. The lowest BCUT2D eigenvalue weighted by Gasteiger charge is -2.32. The molecule has 0 amide bonds. The van der Waals surface area contributed by atoms with E-state index in [1.807, 2.05) is 19.2 Å². The maximum absolute atomic E-state index is 15.8. The van der Waals surface area contributed by atoms with Crippen molar-refractivity contribution in [3.05, 3.63) is 66.4 Å². The highest BCUT2D eigenvalue weighted by molar-refractivity contribution is 7.90. The van der Waals surface area contributed by atoms with Gasteiger partial charge in [0.2, 0.25) is 0 Å².